The van der Waals surface area contributed by atoms with Gasteiger partial charge in [-0.2, -0.15) is 0 Å². The lowest BCUT2D eigenvalue weighted by Gasteiger charge is -1.89. The Morgan fingerprint density at radius 3 is 3.15 bits per heavy atom. The third kappa shape index (κ3) is 3.49. The number of unbranched alkanes of at least 4 members (excludes halogenated alkanes) is 2. The first-order valence-electron chi connectivity index (χ1n) is 4.44. The smallest absolute Gasteiger partial charge is 0.207 e. The molecule has 13 heavy (non-hydrogen) atoms. The summed E-state index contributed by atoms with van der Waals surface area (Å²) >= 11 is 5.75. The number of aromatic nitrogens is 2. The first-order valence-corrected chi connectivity index (χ1v) is 4.81. The predicted molar refractivity (Wildman–Crippen MR) is 55.6 cm³/mol. The van der Waals surface area contributed by atoms with E-state index in [9.17, 15) is 0 Å². The molecule has 1 aromatic heterocycles. The highest BCUT2D eigenvalue weighted by atomic mass is 35.5. The first kappa shape index (κ1) is 10.1. The van der Waals surface area contributed by atoms with Crippen molar-refractivity contribution in [3.05, 3.63) is 29.5 Å². The van der Waals surface area contributed by atoms with Gasteiger partial charge in [0.1, 0.15) is 0 Å². The summed E-state index contributed by atoms with van der Waals surface area (Å²) in [5.74, 6) is 0. The van der Waals surface area contributed by atoms with Crippen LogP contribution in [0.25, 0.3) is 6.20 Å². The van der Waals surface area contributed by atoms with Gasteiger partial charge in [-0.05, 0) is 30.5 Å². The molecule has 0 atom stereocenters. The van der Waals surface area contributed by atoms with E-state index in [4.69, 9.17) is 11.6 Å². The average molecular weight is 197 g/mol. The second-order valence-electron chi connectivity index (χ2n) is 2.75. The Labute approximate surface area is 83.5 Å². The molecule has 0 fully saturated rings. The van der Waals surface area contributed by atoms with Gasteiger partial charge in [0, 0.05) is 12.4 Å². The van der Waals surface area contributed by atoms with Crippen molar-refractivity contribution in [3.8, 4) is 0 Å². The van der Waals surface area contributed by atoms with Crippen molar-refractivity contribution < 1.29 is 0 Å². The van der Waals surface area contributed by atoms with Crippen LogP contribution in [0.5, 0.6) is 0 Å². The van der Waals surface area contributed by atoms with Crippen LogP contribution in [0.1, 0.15) is 26.2 Å². The lowest BCUT2D eigenvalue weighted by Crippen LogP contribution is -1.80. The number of allylic oxidation sites excluding steroid dienone is 1. The van der Waals surface area contributed by atoms with Gasteiger partial charge in [0.05, 0.1) is 6.20 Å². The zero-order valence-corrected chi connectivity index (χ0v) is 8.46. The summed E-state index contributed by atoms with van der Waals surface area (Å²) in [5.41, 5.74) is 3.05. The van der Waals surface area contributed by atoms with E-state index in [2.05, 4.69) is 17.6 Å². The predicted octanol–water partition coefficient (Wildman–Crippen LogP) is 3.35. The molecule has 0 unspecified atom stereocenters. The molecular formula is C10H13ClN2. The summed E-state index contributed by atoms with van der Waals surface area (Å²) in [6, 6.07) is 0. The van der Waals surface area contributed by atoms with Crippen LogP contribution in [0.3, 0.4) is 0 Å². The van der Waals surface area contributed by atoms with Gasteiger partial charge in [-0.15, -0.1) is 5.73 Å². The lowest BCUT2D eigenvalue weighted by atomic mass is 10.2. The Morgan fingerprint density at radius 1 is 1.69 bits per heavy atom. The van der Waals surface area contributed by atoms with E-state index in [1.165, 1.54) is 12.8 Å². The second kappa shape index (κ2) is 5.63. The summed E-state index contributed by atoms with van der Waals surface area (Å²) in [6.45, 7) is 2.17. The number of rotatable bonds is 4. The van der Waals surface area contributed by atoms with Crippen LogP contribution in [-0.4, -0.2) is 9.55 Å². The molecule has 1 heterocycles. The average Bonchev–Trinajstić information content (AvgIpc) is 2.52. The van der Waals surface area contributed by atoms with Crippen LogP contribution in [0.15, 0.2) is 24.2 Å². The number of hydrogen-bond acceptors (Lipinski definition) is 1. The van der Waals surface area contributed by atoms with Crippen LogP contribution < -0.4 is 0 Å². The van der Waals surface area contributed by atoms with Crippen molar-refractivity contribution in [2.75, 3.05) is 0 Å². The number of halogens is 1. The summed E-state index contributed by atoms with van der Waals surface area (Å²) in [4.78, 5) is 3.87. The highest BCUT2D eigenvalue weighted by molar-refractivity contribution is 6.28. The quantitative estimate of drug-likeness (QED) is 0.534. The molecule has 70 valence electrons. The zero-order chi connectivity index (χ0) is 9.52. The molecule has 0 aliphatic rings. The molecule has 0 spiro atoms. The van der Waals surface area contributed by atoms with E-state index in [0.717, 1.165) is 6.42 Å². The van der Waals surface area contributed by atoms with Gasteiger partial charge in [-0.3, -0.25) is 4.57 Å². The summed E-state index contributed by atoms with van der Waals surface area (Å²) in [5, 5.41) is 0.469. The lowest BCUT2D eigenvalue weighted by molar-refractivity contribution is 0.815. The van der Waals surface area contributed by atoms with E-state index in [1.54, 1.807) is 23.2 Å². The van der Waals surface area contributed by atoms with Crippen molar-refractivity contribution in [2.24, 2.45) is 0 Å². The fourth-order valence-electron chi connectivity index (χ4n) is 0.914. The third-order valence-corrected chi connectivity index (χ3v) is 1.95. The van der Waals surface area contributed by atoms with Crippen molar-refractivity contribution in [1.29, 1.82) is 0 Å². The highest BCUT2D eigenvalue weighted by Crippen LogP contribution is 2.04. The first-order chi connectivity index (χ1) is 6.34. The monoisotopic (exact) mass is 196 g/mol. The minimum atomic E-state index is 0.469. The van der Waals surface area contributed by atoms with E-state index in [0.29, 0.717) is 5.28 Å². The fourth-order valence-corrected chi connectivity index (χ4v) is 1.08. The minimum absolute atomic E-state index is 0.469. The number of imidazole rings is 1. The molecule has 3 heteroatoms. The van der Waals surface area contributed by atoms with Crippen LogP contribution in [0.4, 0.5) is 0 Å². The highest BCUT2D eigenvalue weighted by Gasteiger charge is 1.90. The molecule has 0 saturated heterocycles. The van der Waals surface area contributed by atoms with Gasteiger partial charge in [0.15, 0.2) is 0 Å². The maximum Gasteiger partial charge on any atom is 0.207 e. The summed E-state index contributed by atoms with van der Waals surface area (Å²) in [6.07, 6.45) is 10.7. The van der Waals surface area contributed by atoms with Gasteiger partial charge < -0.3 is 0 Å². The van der Waals surface area contributed by atoms with Crippen LogP contribution >= 0.6 is 11.6 Å². The minimum Gasteiger partial charge on any atom is -0.290 e. The Bertz CT molecular complexity index is 308. The Balaban J connectivity index is 2.48. The molecule has 0 bridgehead atoms. The molecular weight excluding hydrogens is 184 g/mol. The summed E-state index contributed by atoms with van der Waals surface area (Å²) < 4.78 is 1.73. The molecule has 0 radical (unpaired) electrons. The molecule has 0 aliphatic carbocycles. The standard InChI is InChI=1S/C10H13ClN2/c1-2-3-4-5-6-8-13-9-7-12-10(13)11/h5,7-9H,2-4H2,1H3. The molecule has 0 N–H and O–H groups in total. The van der Waals surface area contributed by atoms with Crippen LogP contribution in [-0.2, 0) is 0 Å². The molecule has 0 amide bonds. The summed E-state index contributed by atoms with van der Waals surface area (Å²) in [7, 11) is 0. The van der Waals surface area contributed by atoms with E-state index in [-0.39, 0.29) is 0 Å². The maximum atomic E-state index is 5.75. The Kier molecular flexibility index (Phi) is 4.37. The zero-order valence-electron chi connectivity index (χ0n) is 7.70. The third-order valence-electron chi connectivity index (χ3n) is 1.65. The van der Waals surface area contributed by atoms with Crippen molar-refractivity contribution in [3.63, 3.8) is 0 Å². The Hall–Kier alpha value is -0.980. The fraction of sp³-hybridized carbons (Fsp3) is 0.400. The van der Waals surface area contributed by atoms with Gasteiger partial charge in [0.2, 0.25) is 5.28 Å². The molecule has 1 aromatic rings. The van der Waals surface area contributed by atoms with Gasteiger partial charge in [-0.25, -0.2) is 4.98 Å². The maximum absolute atomic E-state index is 5.75. The largest absolute Gasteiger partial charge is 0.290 e. The molecule has 0 aromatic carbocycles. The van der Waals surface area contributed by atoms with E-state index < -0.39 is 0 Å². The van der Waals surface area contributed by atoms with Crippen LogP contribution in [0.2, 0.25) is 5.28 Å². The molecule has 0 saturated carbocycles. The molecule has 2 nitrogen and oxygen atoms in total. The van der Waals surface area contributed by atoms with E-state index in [1.807, 2.05) is 6.08 Å². The number of nitrogens with zero attached hydrogens (tertiary/aromatic N) is 2. The SMILES string of the molecule is CCCCC=C=Cn1ccnc1Cl. The van der Waals surface area contributed by atoms with Crippen molar-refractivity contribution in [1.82, 2.24) is 9.55 Å². The topological polar surface area (TPSA) is 17.8 Å². The van der Waals surface area contributed by atoms with Crippen molar-refractivity contribution in [2.45, 2.75) is 26.2 Å². The van der Waals surface area contributed by atoms with Gasteiger partial charge in [-0.1, -0.05) is 13.3 Å². The van der Waals surface area contributed by atoms with Gasteiger partial charge >= 0.3 is 0 Å². The molecule has 0 aliphatic heterocycles. The van der Waals surface area contributed by atoms with E-state index >= 15 is 0 Å². The van der Waals surface area contributed by atoms with Crippen molar-refractivity contribution >= 4 is 17.8 Å². The normalized spacial score (nSPS) is 9.38. The Morgan fingerprint density at radius 2 is 2.54 bits per heavy atom. The number of hydrogen-bond donors (Lipinski definition) is 0. The van der Waals surface area contributed by atoms with Gasteiger partial charge in [0.25, 0.3) is 0 Å². The second-order valence-corrected chi connectivity index (χ2v) is 3.08. The molecule has 1 rings (SSSR count). The van der Waals surface area contributed by atoms with Crippen LogP contribution in [0, 0.1) is 0 Å².